The molecular weight excluding hydrogens is 230 g/mol. The third-order valence-electron chi connectivity index (χ3n) is 2.95. The number of hydrogen-bond donors (Lipinski definition) is 2. The van der Waals surface area contributed by atoms with Crippen molar-refractivity contribution >= 4 is 22.7 Å². The molecule has 16 heavy (non-hydrogen) atoms. The molecule has 0 spiro atoms. The number of nitrogens with one attached hydrogen (secondary N) is 1. The first-order valence-corrected chi connectivity index (χ1v) is 7.03. The normalized spacial score (nSPS) is 19.6. The summed E-state index contributed by atoms with van der Waals surface area (Å²) in [4.78, 5) is 22.6. The Bertz CT molecular complexity index is 312. The van der Waals surface area contributed by atoms with Crippen LogP contribution in [0.3, 0.4) is 0 Å². The Balaban J connectivity index is 2.34. The minimum absolute atomic E-state index is 0.395. The van der Waals surface area contributed by atoms with E-state index < -0.39 is 28.1 Å². The SMILES string of the molecule is CS(=O)CCCNC(=O)C1(C(=O)O)CCC1. The molecule has 1 aliphatic carbocycles. The molecule has 0 aromatic carbocycles. The van der Waals surface area contributed by atoms with E-state index in [1.807, 2.05) is 0 Å². The van der Waals surface area contributed by atoms with Gasteiger partial charge in [0.2, 0.25) is 5.91 Å². The van der Waals surface area contributed by atoms with Crippen LogP contribution < -0.4 is 5.32 Å². The van der Waals surface area contributed by atoms with Gasteiger partial charge in [-0.1, -0.05) is 6.42 Å². The van der Waals surface area contributed by atoms with Crippen LogP contribution in [0.2, 0.25) is 0 Å². The van der Waals surface area contributed by atoms with Gasteiger partial charge in [-0.25, -0.2) is 0 Å². The van der Waals surface area contributed by atoms with Crippen molar-refractivity contribution in [2.24, 2.45) is 5.41 Å². The van der Waals surface area contributed by atoms with E-state index in [0.717, 1.165) is 6.42 Å². The Morgan fingerprint density at radius 2 is 2.06 bits per heavy atom. The van der Waals surface area contributed by atoms with Crippen LogP contribution in [0.4, 0.5) is 0 Å². The second-order valence-corrected chi connectivity index (χ2v) is 5.68. The molecule has 1 fully saturated rings. The monoisotopic (exact) mass is 247 g/mol. The summed E-state index contributed by atoms with van der Waals surface area (Å²) in [5.74, 6) is -0.899. The zero-order chi connectivity index (χ0) is 12.2. The van der Waals surface area contributed by atoms with Gasteiger partial charge in [-0.15, -0.1) is 0 Å². The average Bonchev–Trinajstić information content (AvgIpc) is 2.09. The second kappa shape index (κ2) is 5.43. The molecule has 1 aliphatic rings. The molecule has 2 N–H and O–H groups in total. The molecule has 1 saturated carbocycles. The summed E-state index contributed by atoms with van der Waals surface area (Å²) in [5, 5.41) is 11.6. The summed E-state index contributed by atoms with van der Waals surface area (Å²) in [6.07, 6.45) is 3.86. The highest BCUT2D eigenvalue weighted by Gasteiger charge is 2.50. The van der Waals surface area contributed by atoms with Crippen molar-refractivity contribution in [3.8, 4) is 0 Å². The van der Waals surface area contributed by atoms with E-state index in [1.165, 1.54) is 0 Å². The topological polar surface area (TPSA) is 83.5 Å². The Morgan fingerprint density at radius 1 is 1.44 bits per heavy atom. The lowest BCUT2D eigenvalue weighted by Gasteiger charge is -2.35. The standard InChI is InChI=1S/C10H17NO4S/c1-16(15)7-3-6-11-8(12)10(9(13)14)4-2-5-10/h2-7H2,1H3,(H,11,12)(H,13,14). The summed E-state index contributed by atoms with van der Waals surface area (Å²) < 4.78 is 10.8. The molecule has 0 saturated heterocycles. The fourth-order valence-electron chi connectivity index (χ4n) is 1.71. The fourth-order valence-corrected chi connectivity index (χ4v) is 2.27. The van der Waals surface area contributed by atoms with E-state index in [1.54, 1.807) is 6.26 Å². The number of hydrogen-bond acceptors (Lipinski definition) is 3. The highest BCUT2D eigenvalue weighted by molar-refractivity contribution is 7.84. The third-order valence-corrected chi connectivity index (χ3v) is 3.81. The molecule has 0 heterocycles. The highest BCUT2D eigenvalue weighted by atomic mass is 32.2. The largest absolute Gasteiger partial charge is 0.480 e. The summed E-state index contributed by atoms with van der Waals surface area (Å²) in [7, 11) is -0.866. The van der Waals surface area contributed by atoms with Crippen molar-refractivity contribution in [2.45, 2.75) is 25.7 Å². The van der Waals surface area contributed by atoms with Crippen LogP contribution >= 0.6 is 0 Å². The smallest absolute Gasteiger partial charge is 0.319 e. The number of aliphatic carboxylic acids is 1. The Labute approximate surface area is 97.1 Å². The Kier molecular flexibility index (Phi) is 4.46. The van der Waals surface area contributed by atoms with E-state index in [0.29, 0.717) is 31.6 Å². The van der Waals surface area contributed by atoms with E-state index in [2.05, 4.69) is 5.32 Å². The van der Waals surface area contributed by atoms with Gasteiger partial charge in [0.25, 0.3) is 0 Å². The molecule has 92 valence electrons. The van der Waals surface area contributed by atoms with Crippen molar-refractivity contribution in [3.63, 3.8) is 0 Å². The molecule has 0 aromatic heterocycles. The molecule has 6 heteroatoms. The predicted molar refractivity (Wildman–Crippen MR) is 60.5 cm³/mol. The first-order valence-electron chi connectivity index (χ1n) is 5.31. The van der Waals surface area contributed by atoms with Crippen LogP contribution in [-0.4, -0.2) is 39.7 Å². The molecule has 1 amide bonds. The number of carboxylic acid groups (broad SMARTS) is 1. The number of carboxylic acids is 1. The van der Waals surface area contributed by atoms with Crippen LogP contribution in [-0.2, 0) is 20.4 Å². The maximum Gasteiger partial charge on any atom is 0.319 e. The van der Waals surface area contributed by atoms with Crippen LogP contribution in [0.15, 0.2) is 0 Å². The molecule has 0 radical (unpaired) electrons. The number of carbonyl (C=O) groups is 2. The second-order valence-electron chi connectivity index (χ2n) is 4.13. The van der Waals surface area contributed by atoms with Gasteiger partial charge in [-0.3, -0.25) is 13.8 Å². The molecule has 0 aromatic rings. The minimum atomic E-state index is -1.19. The highest BCUT2D eigenvalue weighted by Crippen LogP contribution is 2.41. The summed E-state index contributed by atoms with van der Waals surface area (Å²) in [6, 6.07) is 0. The van der Waals surface area contributed by atoms with Crippen LogP contribution in [0, 0.1) is 5.41 Å². The zero-order valence-electron chi connectivity index (χ0n) is 9.32. The molecule has 1 unspecified atom stereocenters. The van der Waals surface area contributed by atoms with Crippen molar-refractivity contribution in [1.82, 2.24) is 5.32 Å². The molecule has 1 atom stereocenters. The van der Waals surface area contributed by atoms with Crippen molar-refractivity contribution in [2.75, 3.05) is 18.6 Å². The van der Waals surface area contributed by atoms with Crippen molar-refractivity contribution in [1.29, 1.82) is 0 Å². The molecule has 5 nitrogen and oxygen atoms in total. The van der Waals surface area contributed by atoms with Crippen LogP contribution in [0.25, 0.3) is 0 Å². The predicted octanol–water partition coefficient (Wildman–Crippen LogP) is 0.126. The first-order chi connectivity index (χ1) is 7.49. The van der Waals surface area contributed by atoms with Gasteiger partial charge in [0, 0.05) is 29.4 Å². The lowest BCUT2D eigenvalue weighted by molar-refractivity contribution is -0.162. The molecular formula is C10H17NO4S. The van der Waals surface area contributed by atoms with Gasteiger partial charge in [-0.2, -0.15) is 0 Å². The fraction of sp³-hybridized carbons (Fsp3) is 0.800. The van der Waals surface area contributed by atoms with Gasteiger partial charge in [-0.05, 0) is 19.3 Å². The van der Waals surface area contributed by atoms with Gasteiger partial charge in [0.05, 0.1) is 0 Å². The number of amides is 1. The van der Waals surface area contributed by atoms with E-state index in [4.69, 9.17) is 5.11 Å². The van der Waals surface area contributed by atoms with Gasteiger partial charge in [0.1, 0.15) is 5.41 Å². The summed E-state index contributed by atoms with van der Waals surface area (Å²) in [6.45, 7) is 0.396. The lowest BCUT2D eigenvalue weighted by atomic mass is 9.68. The maximum atomic E-state index is 11.7. The van der Waals surface area contributed by atoms with Crippen LogP contribution in [0.5, 0.6) is 0 Å². The first kappa shape index (κ1) is 13.2. The molecule has 0 bridgehead atoms. The van der Waals surface area contributed by atoms with Crippen molar-refractivity contribution < 1.29 is 18.9 Å². The third kappa shape index (κ3) is 2.81. The summed E-state index contributed by atoms with van der Waals surface area (Å²) in [5.41, 5.74) is -1.19. The number of rotatable bonds is 6. The molecule has 0 aliphatic heterocycles. The van der Waals surface area contributed by atoms with Crippen molar-refractivity contribution in [3.05, 3.63) is 0 Å². The maximum absolute atomic E-state index is 11.7. The zero-order valence-corrected chi connectivity index (χ0v) is 10.1. The summed E-state index contributed by atoms with van der Waals surface area (Å²) >= 11 is 0. The minimum Gasteiger partial charge on any atom is -0.480 e. The van der Waals surface area contributed by atoms with E-state index in [9.17, 15) is 13.8 Å². The lowest BCUT2D eigenvalue weighted by Crippen LogP contribution is -2.51. The quantitative estimate of drug-likeness (QED) is 0.516. The number of carbonyl (C=O) groups excluding carboxylic acids is 1. The molecule has 1 rings (SSSR count). The van der Waals surface area contributed by atoms with Gasteiger partial charge in [0.15, 0.2) is 0 Å². The Hall–Kier alpha value is -0.910. The average molecular weight is 247 g/mol. The van der Waals surface area contributed by atoms with Gasteiger partial charge >= 0.3 is 5.97 Å². The van der Waals surface area contributed by atoms with Gasteiger partial charge < -0.3 is 10.4 Å². The van der Waals surface area contributed by atoms with Crippen LogP contribution in [0.1, 0.15) is 25.7 Å². The van der Waals surface area contributed by atoms with E-state index in [-0.39, 0.29) is 0 Å². The van der Waals surface area contributed by atoms with E-state index >= 15 is 0 Å². The Morgan fingerprint density at radius 3 is 2.44 bits per heavy atom.